The molecule has 0 aliphatic rings. The van der Waals surface area contributed by atoms with Crippen LogP contribution in [0, 0.1) is 0 Å². The van der Waals surface area contributed by atoms with Crippen molar-refractivity contribution in [3.8, 4) is 0 Å². The number of carboxylic acid groups (broad SMARTS) is 1. The van der Waals surface area contributed by atoms with Crippen LogP contribution in [0.1, 0.15) is 239 Å². The van der Waals surface area contributed by atoms with Crippen molar-refractivity contribution in [2.45, 2.75) is 251 Å². The van der Waals surface area contributed by atoms with E-state index in [0.717, 1.165) is 77.0 Å². The Kier molecular flexibility index (Phi) is 54.1. The Bertz CT molecular complexity index is 1610. The Balaban J connectivity index is 4.35. The average molecular weight is 1060 g/mol. The summed E-state index contributed by atoms with van der Waals surface area (Å²) in [7, 11) is 5.90. The quantitative estimate of drug-likeness (QED) is 0.0195. The van der Waals surface area contributed by atoms with Gasteiger partial charge in [0.15, 0.2) is 12.4 Å². The maximum Gasteiger partial charge on any atom is 0.306 e. The van der Waals surface area contributed by atoms with Gasteiger partial charge in [0.1, 0.15) is 13.2 Å². The van der Waals surface area contributed by atoms with Crippen molar-refractivity contribution in [1.29, 1.82) is 0 Å². The molecule has 0 amide bonds. The predicted molar refractivity (Wildman–Crippen MR) is 320 cm³/mol. The molecule has 76 heavy (non-hydrogen) atoms. The summed E-state index contributed by atoms with van der Waals surface area (Å²) < 4.78 is 22.6. The first-order chi connectivity index (χ1) is 37.1. The lowest BCUT2D eigenvalue weighted by molar-refractivity contribution is -0.870. The van der Waals surface area contributed by atoms with Crippen molar-refractivity contribution in [2.75, 3.05) is 47.5 Å². The van der Waals surface area contributed by atoms with Gasteiger partial charge in [-0.2, -0.15) is 0 Å². The van der Waals surface area contributed by atoms with Crippen LogP contribution in [0.15, 0.2) is 109 Å². The number of allylic oxidation sites excluding steroid dienone is 18. The van der Waals surface area contributed by atoms with Crippen LogP contribution in [0.5, 0.6) is 0 Å². The molecule has 0 spiro atoms. The number of esters is 2. The molecule has 0 aromatic rings. The van der Waals surface area contributed by atoms with Gasteiger partial charge in [0, 0.05) is 12.8 Å². The number of nitrogens with zero attached hydrogens (tertiary/aromatic N) is 1. The van der Waals surface area contributed by atoms with E-state index < -0.39 is 24.3 Å². The van der Waals surface area contributed by atoms with E-state index in [9.17, 15) is 19.5 Å². The van der Waals surface area contributed by atoms with Crippen molar-refractivity contribution < 1.29 is 42.9 Å². The van der Waals surface area contributed by atoms with Crippen LogP contribution in [0.4, 0.5) is 0 Å². The molecule has 0 radical (unpaired) electrons. The Hall–Kier alpha value is -4.05. The van der Waals surface area contributed by atoms with Crippen molar-refractivity contribution >= 4 is 17.9 Å². The van der Waals surface area contributed by atoms with Crippen LogP contribution in [-0.2, 0) is 33.3 Å². The lowest BCUT2D eigenvalue weighted by Crippen LogP contribution is -2.44. The molecule has 0 aliphatic carbocycles. The summed E-state index contributed by atoms with van der Waals surface area (Å²) in [5.41, 5.74) is 0. The zero-order chi connectivity index (χ0) is 55.5. The number of quaternary nitrogens is 1. The number of hydrogen-bond donors (Lipinski definition) is 0. The lowest BCUT2D eigenvalue weighted by Gasteiger charge is -2.26. The van der Waals surface area contributed by atoms with E-state index >= 15 is 0 Å². The number of carboxylic acids is 1. The third-order valence-electron chi connectivity index (χ3n) is 12.8. The van der Waals surface area contributed by atoms with Gasteiger partial charge in [0.2, 0.25) is 0 Å². The number of aliphatic carboxylic acids is 1. The Morgan fingerprint density at radius 2 is 0.750 bits per heavy atom. The molecule has 0 aromatic heterocycles. The first kappa shape index (κ1) is 72.0. The zero-order valence-corrected chi connectivity index (χ0v) is 49.3. The zero-order valence-electron chi connectivity index (χ0n) is 49.3. The van der Waals surface area contributed by atoms with Gasteiger partial charge in [-0.25, -0.2) is 0 Å². The van der Waals surface area contributed by atoms with Crippen molar-refractivity contribution in [3.63, 3.8) is 0 Å². The highest BCUT2D eigenvalue weighted by Gasteiger charge is 2.22. The molecule has 0 heterocycles. The van der Waals surface area contributed by atoms with Crippen LogP contribution < -0.4 is 5.11 Å². The third kappa shape index (κ3) is 57.7. The fraction of sp³-hybridized carbons (Fsp3) is 0.687. The summed E-state index contributed by atoms with van der Waals surface area (Å²) in [6.45, 7) is 4.58. The maximum absolute atomic E-state index is 12.9. The Labute approximate surface area is 466 Å². The normalized spacial score (nSPS) is 13.5. The van der Waals surface area contributed by atoms with E-state index in [1.807, 2.05) is 21.1 Å². The Morgan fingerprint density at radius 1 is 0.408 bits per heavy atom. The molecule has 2 unspecified atom stereocenters. The topological polar surface area (TPSA) is 111 Å². The summed E-state index contributed by atoms with van der Waals surface area (Å²) in [6, 6.07) is 0. The molecule has 9 heteroatoms. The van der Waals surface area contributed by atoms with E-state index in [4.69, 9.17) is 18.9 Å². The molecular weight excluding hydrogens is 947 g/mol. The molecule has 0 saturated carbocycles. The van der Waals surface area contributed by atoms with Gasteiger partial charge < -0.3 is 33.3 Å². The van der Waals surface area contributed by atoms with Gasteiger partial charge in [-0.15, -0.1) is 0 Å². The van der Waals surface area contributed by atoms with Crippen LogP contribution >= 0.6 is 0 Å². The monoisotopic (exact) mass is 1060 g/mol. The van der Waals surface area contributed by atoms with E-state index in [1.165, 1.54) is 122 Å². The second-order valence-corrected chi connectivity index (χ2v) is 21.3. The predicted octanol–water partition coefficient (Wildman–Crippen LogP) is 17.0. The molecule has 0 N–H and O–H groups in total. The molecule has 434 valence electrons. The van der Waals surface area contributed by atoms with Crippen molar-refractivity contribution in [3.05, 3.63) is 109 Å². The van der Waals surface area contributed by atoms with Gasteiger partial charge in [-0.1, -0.05) is 258 Å². The Morgan fingerprint density at radius 3 is 1.11 bits per heavy atom. The third-order valence-corrected chi connectivity index (χ3v) is 12.8. The lowest BCUT2D eigenvalue weighted by atomic mass is 10.0. The summed E-state index contributed by atoms with van der Waals surface area (Å²) >= 11 is 0. The smallest absolute Gasteiger partial charge is 0.306 e. The maximum atomic E-state index is 12.9. The summed E-state index contributed by atoms with van der Waals surface area (Å²) in [5.74, 6) is -2.37. The summed E-state index contributed by atoms with van der Waals surface area (Å²) in [4.78, 5) is 37.3. The minimum Gasteiger partial charge on any atom is -0.545 e. The highest BCUT2D eigenvalue weighted by atomic mass is 16.7. The number of carbonyl (C=O) groups excluding carboxylic acids is 3. The molecule has 0 bridgehead atoms. The van der Waals surface area contributed by atoms with Gasteiger partial charge in [0.25, 0.3) is 0 Å². The SMILES string of the molecule is CC/C=C\C/C=C\C/C=C\C/C=C\C/C=C\C/C=C\C/C=C\C/C=C\C/C=C\CCCC(=O)OC(COC(=O)CCCCCCCCCCCCCCCCCCCCCCCC)COC(OCC[N+](C)(C)C)C(=O)[O-]. The van der Waals surface area contributed by atoms with E-state index in [-0.39, 0.29) is 38.6 Å². The first-order valence-corrected chi connectivity index (χ1v) is 30.5. The standard InChI is InChI=1S/C67H113NO8/c1-6-8-10-12-14-16-18-20-22-24-26-28-30-31-32-33-34-35-36-38-40-42-44-46-48-50-52-54-56-58-65(70)76-63(62-75-67(66(71)72)73-60-59-68(3,4)5)61-74-64(69)57-55-53-51-49-47-45-43-41-39-37-29-27-25-23-21-19-17-15-13-11-9-7-2/h8,10,14,16,20,22,26,28,31-32,34-35,38,40,44,46,50,52,63,67H,6-7,9,11-13,15,17-19,21,23-25,27,29-30,33,36-37,39,41-43,45,47-49,51,53-62H2,1-5H3/b10-8-,16-14-,22-20-,28-26-,32-31-,35-34-,40-38-,46-44-,52-50-. The second kappa shape index (κ2) is 57.1. The summed E-state index contributed by atoms with van der Waals surface area (Å²) in [5, 5.41) is 11.8. The fourth-order valence-corrected chi connectivity index (χ4v) is 8.13. The van der Waals surface area contributed by atoms with Crippen LogP contribution in [0.25, 0.3) is 0 Å². The number of ether oxygens (including phenoxy) is 4. The number of hydrogen-bond acceptors (Lipinski definition) is 8. The van der Waals surface area contributed by atoms with Gasteiger partial charge in [-0.05, 0) is 77.0 Å². The number of likely N-dealkylation sites (N-methyl/N-ethyl adjacent to an activating group) is 1. The first-order valence-electron chi connectivity index (χ1n) is 30.5. The van der Waals surface area contributed by atoms with Crippen LogP contribution in [0.2, 0.25) is 0 Å². The largest absolute Gasteiger partial charge is 0.545 e. The molecule has 0 aromatic carbocycles. The molecule has 9 nitrogen and oxygen atoms in total. The van der Waals surface area contributed by atoms with Crippen molar-refractivity contribution in [2.24, 2.45) is 0 Å². The molecule has 0 saturated heterocycles. The number of carbonyl (C=O) groups is 3. The molecule has 0 rings (SSSR count). The fourth-order valence-electron chi connectivity index (χ4n) is 8.13. The highest BCUT2D eigenvalue weighted by Crippen LogP contribution is 2.16. The molecule has 2 atom stereocenters. The number of rotatable bonds is 55. The van der Waals surface area contributed by atoms with Gasteiger partial charge >= 0.3 is 11.9 Å². The minimum absolute atomic E-state index is 0.132. The molecule has 0 fully saturated rings. The van der Waals surface area contributed by atoms with E-state index in [0.29, 0.717) is 23.9 Å². The van der Waals surface area contributed by atoms with E-state index in [2.05, 4.69) is 123 Å². The average Bonchev–Trinajstić information content (AvgIpc) is 3.39. The van der Waals surface area contributed by atoms with Crippen LogP contribution in [0.3, 0.4) is 0 Å². The summed E-state index contributed by atoms with van der Waals surface area (Å²) in [6.07, 6.45) is 75.8. The second-order valence-electron chi connectivity index (χ2n) is 21.3. The molecule has 0 aliphatic heterocycles. The van der Waals surface area contributed by atoms with Crippen molar-refractivity contribution in [1.82, 2.24) is 0 Å². The highest BCUT2D eigenvalue weighted by molar-refractivity contribution is 5.70. The number of unbranched alkanes of at least 4 members (excludes halogenated alkanes) is 22. The minimum atomic E-state index is -1.64. The van der Waals surface area contributed by atoms with Crippen LogP contribution in [-0.4, -0.2) is 82.3 Å². The van der Waals surface area contributed by atoms with Gasteiger partial charge in [0.05, 0.1) is 40.3 Å². The van der Waals surface area contributed by atoms with Gasteiger partial charge in [-0.3, -0.25) is 9.59 Å². The molecular formula is C67H113NO8. The van der Waals surface area contributed by atoms with E-state index in [1.54, 1.807) is 0 Å².